The van der Waals surface area contributed by atoms with E-state index in [1.54, 1.807) is 0 Å². The Morgan fingerprint density at radius 3 is 2.36 bits per heavy atom. The Kier molecular flexibility index (Phi) is 8.17. The minimum absolute atomic E-state index is 0.298. The fraction of sp³-hybridized carbons (Fsp3) is 1.00. The van der Waals surface area contributed by atoms with Gasteiger partial charge in [-0.2, -0.15) is 0 Å². The summed E-state index contributed by atoms with van der Waals surface area (Å²) >= 11 is 0. The summed E-state index contributed by atoms with van der Waals surface area (Å²) in [7, 11) is -0.768. The van der Waals surface area contributed by atoms with Gasteiger partial charge in [0.2, 0.25) is 0 Å². The van der Waals surface area contributed by atoms with Crippen LogP contribution in [0.1, 0.15) is 19.3 Å². The van der Waals surface area contributed by atoms with Crippen LogP contribution in [0.4, 0.5) is 4.39 Å². The van der Waals surface area contributed by atoms with Crippen molar-refractivity contribution in [1.29, 1.82) is 0 Å². The lowest BCUT2D eigenvalue weighted by atomic mass is 10.4. The lowest BCUT2D eigenvalue weighted by Gasteiger charge is -1.98. The van der Waals surface area contributed by atoms with Gasteiger partial charge in [-0.15, -0.1) is 0 Å². The predicted molar refractivity (Wildman–Crippen MR) is 46.8 cm³/mol. The van der Waals surface area contributed by atoms with Crippen molar-refractivity contribution in [1.82, 2.24) is 0 Å². The van der Waals surface area contributed by atoms with E-state index >= 15 is 0 Å². The van der Waals surface area contributed by atoms with E-state index in [9.17, 15) is 8.60 Å². The average molecular weight is 181 g/mol. The van der Waals surface area contributed by atoms with Crippen LogP contribution < -0.4 is 5.73 Å². The molecule has 11 heavy (non-hydrogen) atoms. The van der Waals surface area contributed by atoms with Crippen molar-refractivity contribution in [3.05, 3.63) is 0 Å². The molecule has 0 amide bonds. The average Bonchev–Trinajstić information content (AvgIpc) is 2.01. The van der Waals surface area contributed by atoms with E-state index in [1.807, 2.05) is 0 Å². The first kappa shape index (κ1) is 11.0. The summed E-state index contributed by atoms with van der Waals surface area (Å²) in [5, 5.41) is 0. The van der Waals surface area contributed by atoms with Crippen LogP contribution in [0.2, 0.25) is 0 Å². The van der Waals surface area contributed by atoms with Gasteiger partial charge in [0.1, 0.15) is 0 Å². The van der Waals surface area contributed by atoms with Crippen molar-refractivity contribution in [2.45, 2.75) is 19.3 Å². The van der Waals surface area contributed by atoms with Gasteiger partial charge in [-0.05, 0) is 25.8 Å². The van der Waals surface area contributed by atoms with E-state index in [4.69, 9.17) is 5.73 Å². The first-order valence-corrected chi connectivity index (χ1v) is 5.41. The van der Waals surface area contributed by atoms with Gasteiger partial charge >= 0.3 is 0 Å². The van der Waals surface area contributed by atoms with E-state index in [-0.39, 0.29) is 6.67 Å². The Balaban J connectivity index is 3.09. The number of hydrogen-bond acceptors (Lipinski definition) is 2. The molecule has 0 aromatic heterocycles. The molecule has 0 spiro atoms. The molecule has 0 aromatic carbocycles. The highest BCUT2D eigenvalue weighted by Crippen LogP contribution is 1.94. The topological polar surface area (TPSA) is 43.1 Å². The number of rotatable bonds is 7. The van der Waals surface area contributed by atoms with E-state index < -0.39 is 10.8 Å². The first-order chi connectivity index (χ1) is 5.31. The molecule has 0 saturated carbocycles. The summed E-state index contributed by atoms with van der Waals surface area (Å²) < 4.78 is 22.6. The lowest BCUT2D eigenvalue weighted by molar-refractivity contribution is 0.469. The van der Waals surface area contributed by atoms with Crippen LogP contribution in [0.15, 0.2) is 0 Å². The Labute approximate surface area is 69.8 Å². The zero-order valence-electron chi connectivity index (χ0n) is 6.72. The Hall–Kier alpha value is 0.0400. The third-order valence-corrected chi connectivity index (χ3v) is 2.82. The summed E-state index contributed by atoms with van der Waals surface area (Å²) in [4.78, 5) is 0. The molecule has 4 heteroatoms. The molecule has 0 aliphatic rings. The highest BCUT2D eigenvalue weighted by Gasteiger charge is 1.97. The van der Waals surface area contributed by atoms with Gasteiger partial charge in [0.25, 0.3) is 0 Å². The summed E-state index contributed by atoms with van der Waals surface area (Å²) in [5.74, 6) is 1.30. The van der Waals surface area contributed by atoms with Crippen molar-refractivity contribution in [3.63, 3.8) is 0 Å². The van der Waals surface area contributed by atoms with Crippen LogP contribution in [0, 0.1) is 0 Å². The molecule has 0 aliphatic heterocycles. The Morgan fingerprint density at radius 1 is 1.18 bits per heavy atom. The zero-order valence-corrected chi connectivity index (χ0v) is 7.54. The normalized spacial score (nSPS) is 13.3. The van der Waals surface area contributed by atoms with Crippen LogP contribution in [-0.2, 0) is 10.8 Å². The second-order valence-electron chi connectivity index (χ2n) is 2.39. The van der Waals surface area contributed by atoms with E-state index in [0.717, 1.165) is 12.8 Å². The molecule has 1 unspecified atom stereocenters. The largest absolute Gasteiger partial charge is 0.330 e. The number of unbranched alkanes of at least 4 members (excludes halogenated alkanes) is 1. The summed E-state index contributed by atoms with van der Waals surface area (Å²) in [6.07, 6.45) is 2.07. The summed E-state index contributed by atoms with van der Waals surface area (Å²) in [6, 6.07) is 0. The molecule has 0 aromatic rings. The van der Waals surface area contributed by atoms with Crippen molar-refractivity contribution < 1.29 is 8.60 Å². The molecule has 2 N–H and O–H groups in total. The smallest absolute Gasteiger partial charge is 0.0894 e. The fourth-order valence-electron chi connectivity index (χ4n) is 0.704. The third kappa shape index (κ3) is 7.94. The number of halogens is 1. The van der Waals surface area contributed by atoms with E-state index in [0.29, 0.717) is 24.5 Å². The second-order valence-corrected chi connectivity index (χ2v) is 4.08. The molecular weight excluding hydrogens is 165 g/mol. The Bertz CT molecular complexity index is 111. The highest BCUT2D eigenvalue weighted by atomic mass is 32.2. The van der Waals surface area contributed by atoms with Crippen LogP contribution in [0.3, 0.4) is 0 Å². The lowest BCUT2D eigenvalue weighted by Crippen LogP contribution is -2.08. The van der Waals surface area contributed by atoms with E-state index in [2.05, 4.69) is 0 Å². The maximum Gasteiger partial charge on any atom is 0.0894 e. The van der Waals surface area contributed by atoms with Crippen LogP contribution in [-0.4, -0.2) is 28.9 Å². The predicted octanol–water partition coefficient (Wildman–Crippen LogP) is 0.834. The molecule has 0 radical (unpaired) electrons. The third-order valence-electron chi connectivity index (χ3n) is 1.33. The monoisotopic (exact) mass is 181 g/mol. The quantitative estimate of drug-likeness (QED) is 0.591. The van der Waals surface area contributed by atoms with Crippen LogP contribution in [0.5, 0.6) is 0 Å². The molecule has 0 rings (SSSR count). The molecule has 0 fully saturated rings. The molecule has 0 aliphatic carbocycles. The first-order valence-electron chi connectivity index (χ1n) is 3.92. The second kappa shape index (κ2) is 8.14. The minimum Gasteiger partial charge on any atom is -0.330 e. The van der Waals surface area contributed by atoms with E-state index in [1.165, 1.54) is 0 Å². The molecule has 1 atom stereocenters. The maximum absolute atomic E-state index is 11.6. The minimum atomic E-state index is -0.768. The number of hydrogen-bond donors (Lipinski definition) is 1. The zero-order chi connectivity index (χ0) is 8.53. The van der Waals surface area contributed by atoms with Crippen molar-refractivity contribution in [2.75, 3.05) is 24.7 Å². The van der Waals surface area contributed by atoms with Gasteiger partial charge in [-0.3, -0.25) is 8.60 Å². The molecule has 2 nitrogen and oxygen atoms in total. The fourth-order valence-corrected chi connectivity index (χ4v) is 1.92. The molecule has 0 bridgehead atoms. The summed E-state index contributed by atoms with van der Waals surface area (Å²) in [5.41, 5.74) is 5.24. The van der Waals surface area contributed by atoms with Crippen LogP contribution >= 0.6 is 0 Å². The highest BCUT2D eigenvalue weighted by molar-refractivity contribution is 7.84. The van der Waals surface area contributed by atoms with Crippen molar-refractivity contribution in [2.24, 2.45) is 5.73 Å². The van der Waals surface area contributed by atoms with Gasteiger partial charge in [0.15, 0.2) is 0 Å². The van der Waals surface area contributed by atoms with Crippen LogP contribution in [0.25, 0.3) is 0 Å². The molecule has 0 saturated heterocycles. The maximum atomic E-state index is 11.6. The van der Waals surface area contributed by atoms with Gasteiger partial charge in [-0.25, -0.2) is 0 Å². The van der Waals surface area contributed by atoms with Gasteiger partial charge in [-0.1, -0.05) is 0 Å². The number of alkyl halides is 1. The molecule has 0 heterocycles. The SMILES string of the molecule is NCCCS(=O)CCCCF. The number of nitrogens with two attached hydrogens (primary N) is 1. The molecular formula is C7H16FNOS. The van der Waals surface area contributed by atoms with Gasteiger partial charge in [0.05, 0.1) is 6.67 Å². The van der Waals surface area contributed by atoms with Gasteiger partial charge < -0.3 is 5.73 Å². The van der Waals surface area contributed by atoms with Gasteiger partial charge in [0, 0.05) is 22.3 Å². The molecule has 68 valence electrons. The standard InChI is InChI=1S/C7H16FNOS/c8-4-1-2-6-11(10)7-3-5-9/h1-7,9H2. The van der Waals surface area contributed by atoms with Crippen molar-refractivity contribution in [3.8, 4) is 0 Å². The Morgan fingerprint density at radius 2 is 1.82 bits per heavy atom. The van der Waals surface area contributed by atoms with Crippen molar-refractivity contribution >= 4 is 10.8 Å². The summed E-state index contributed by atoms with van der Waals surface area (Å²) in [6.45, 7) is 0.295.